The zero-order chi connectivity index (χ0) is 19.9. The molecule has 0 saturated carbocycles. The molecule has 1 amide bonds. The van der Waals surface area contributed by atoms with E-state index in [-0.39, 0.29) is 35.0 Å². The smallest absolute Gasteiger partial charge is 0.257 e. The van der Waals surface area contributed by atoms with Crippen LogP contribution in [0.4, 0.5) is 5.69 Å². The van der Waals surface area contributed by atoms with Crippen LogP contribution >= 0.6 is 0 Å². The fraction of sp³-hybridized carbons (Fsp3) is 0.316. The van der Waals surface area contributed by atoms with Crippen LogP contribution in [-0.4, -0.2) is 48.1 Å². The highest BCUT2D eigenvalue weighted by molar-refractivity contribution is 6.34. The Labute approximate surface area is 153 Å². The molecule has 1 atom stereocenters. The van der Waals surface area contributed by atoms with E-state index >= 15 is 0 Å². The summed E-state index contributed by atoms with van der Waals surface area (Å²) >= 11 is 0. The number of terminal acetylenes is 1. The molecule has 0 aromatic heterocycles. The first-order chi connectivity index (χ1) is 12.2. The molecule has 7 nitrogen and oxygen atoms in total. The van der Waals surface area contributed by atoms with Gasteiger partial charge in [-0.15, -0.1) is 12.3 Å². The molecule has 0 aliphatic rings. The third-order valence-corrected chi connectivity index (χ3v) is 3.55. The summed E-state index contributed by atoms with van der Waals surface area (Å²) in [7, 11) is 3.12. The highest BCUT2D eigenvalue weighted by atomic mass is 16.3. The van der Waals surface area contributed by atoms with Crippen molar-refractivity contribution < 1.29 is 19.5 Å². The van der Waals surface area contributed by atoms with Gasteiger partial charge in [0.15, 0.2) is 12.0 Å². The van der Waals surface area contributed by atoms with E-state index in [1.54, 1.807) is 27.1 Å². The van der Waals surface area contributed by atoms with Gasteiger partial charge >= 0.3 is 0 Å². The SMILES string of the molecule is C#CCC(C)N/C(C)=C(\Nc1cccc(C(=O)N(C)C)c1O)C(=O)C=O. The van der Waals surface area contributed by atoms with Gasteiger partial charge in [-0.05, 0) is 26.0 Å². The normalized spacial score (nSPS) is 12.3. The third-order valence-electron chi connectivity index (χ3n) is 3.55. The Balaban J connectivity index is 3.27. The molecule has 0 spiro atoms. The van der Waals surface area contributed by atoms with Gasteiger partial charge in [-0.3, -0.25) is 14.4 Å². The third kappa shape index (κ3) is 5.11. The van der Waals surface area contributed by atoms with Crippen LogP contribution in [0.25, 0.3) is 0 Å². The van der Waals surface area contributed by atoms with Crippen LogP contribution in [0.5, 0.6) is 5.75 Å². The van der Waals surface area contributed by atoms with Crippen LogP contribution < -0.4 is 10.6 Å². The Bertz CT molecular complexity index is 775. The number of benzene rings is 1. The van der Waals surface area contributed by atoms with E-state index in [9.17, 15) is 19.5 Å². The van der Waals surface area contributed by atoms with E-state index in [0.29, 0.717) is 12.1 Å². The molecule has 3 N–H and O–H groups in total. The molecule has 7 heteroatoms. The van der Waals surface area contributed by atoms with Crippen LogP contribution in [0.15, 0.2) is 29.6 Å². The minimum atomic E-state index is -0.799. The lowest BCUT2D eigenvalue weighted by Gasteiger charge is -2.19. The summed E-state index contributed by atoms with van der Waals surface area (Å²) in [6.07, 6.45) is 5.87. The van der Waals surface area contributed by atoms with E-state index in [2.05, 4.69) is 16.6 Å². The Hall–Kier alpha value is -3.27. The van der Waals surface area contributed by atoms with Gasteiger partial charge in [0, 0.05) is 32.3 Å². The predicted octanol–water partition coefficient (Wildman–Crippen LogP) is 1.51. The number of nitrogens with zero attached hydrogens (tertiary/aromatic N) is 1. The summed E-state index contributed by atoms with van der Waals surface area (Å²) in [4.78, 5) is 36.4. The standard InChI is InChI=1S/C19H23N3O4/c1-6-8-12(2)20-13(3)17(16(24)11-23)21-15-10-7-9-14(18(15)25)19(26)22(4)5/h1,7,9-12,20-21,25H,8H2,2-5H3/b17-13-. The number of carbonyl (C=O) groups is 3. The van der Waals surface area contributed by atoms with Crippen LogP contribution in [0, 0.1) is 12.3 Å². The predicted molar refractivity (Wildman–Crippen MR) is 99.6 cm³/mol. The molecule has 0 bridgehead atoms. The molecule has 138 valence electrons. The quantitative estimate of drug-likeness (QED) is 0.214. The Kier molecular flexibility index (Phi) is 7.41. The molecule has 0 saturated heterocycles. The number of nitrogens with one attached hydrogen (secondary N) is 2. The van der Waals surface area contributed by atoms with Gasteiger partial charge in [-0.1, -0.05) is 6.07 Å². The lowest BCUT2D eigenvalue weighted by Crippen LogP contribution is -2.28. The Morgan fingerprint density at radius 3 is 2.58 bits per heavy atom. The lowest BCUT2D eigenvalue weighted by atomic mass is 10.1. The van der Waals surface area contributed by atoms with Crippen LogP contribution in [0.2, 0.25) is 0 Å². The largest absolute Gasteiger partial charge is 0.505 e. The number of ketones is 1. The summed E-state index contributed by atoms with van der Waals surface area (Å²) in [5.74, 6) is 0.997. The molecule has 1 unspecified atom stereocenters. The average Bonchev–Trinajstić information content (AvgIpc) is 2.59. The van der Waals surface area contributed by atoms with Gasteiger partial charge in [0.25, 0.3) is 5.91 Å². The molecule has 0 radical (unpaired) electrons. The highest BCUT2D eigenvalue weighted by Crippen LogP contribution is 2.29. The maximum absolute atomic E-state index is 12.1. The van der Waals surface area contributed by atoms with Crippen molar-refractivity contribution in [2.45, 2.75) is 26.3 Å². The van der Waals surface area contributed by atoms with Crippen LogP contribution in [0.3, 0.4) is 0 Å². The number of anilines is 1. The van der Waals surface area contributed by atoms with Gasteiger partial charge in [0.2, 0.25) is 5.78 Å². The number of para-hydroxylation sites is 1. The molecule has 1 aromatic carbocycles. The number of hydrogen-bond donors (Lipinski definition) is 3. The molecule has 26 heavy (non-hydrogen) atoms. The van der Waals surface area contributed by atoms with Gasteiger partial charge in [-0.25, -0.2) is 0 Å². The van der Waals surface area contributed by atoms with Crippen molar-refractivity contribution in [1.29, 1.82) is 0 Å². The molecule has 1 aromatic rings. The highest BCUT2D eigenvalue weighted by Gasteiger charge is 2.19. The fourth-order valence-electron chi connectivity index (χ4n) is 2.26. The van der Waals surface area contributed by atoms with E-state index in [4.69, 9.17) is 6.42 Å². The molecule has 0 aliphatic heterocycles. The fourth-order valence-corrected chi connectivity index (χ4v) is 2.26. The first-order valence-corrected chi connectivity index (χ1v) is 7.93. The Morgan fingerprint density at radius 2 is 2.04 bits per heavy atom. The summed E-state index contributed by atoms with van der Waals surface area (Å²) in [5.41, 5.74) is 0.570. The average molecular weight is 357 g/mol. The number of rotatable bonds is 8. The minimum Gasteiger partial charge on any atom is -0.505 e. The summed E-state index contributed by atoms with van der Waals surface area (Å²) in [5, 5.41) is 16.2. The van der Waals surface area contributed by atoms with E-state index in [1.165, 1.54) is 17.0 Å². The summed E-state index contributed by atoms with van der Waals surface area (Å²) in [6, 6.07) is 4.41. The van der Waals surface area contributed by atoms with Crippen molar-refractivity contribution in [2.24, 2.45) is 0 Å². The molecule has 0 fully saturated rings. The minimum absolute atomic E-state index is 0.0337. The number of aldehydes is 1. The van der Waals surface area contributed by atoms with Crippen LogP contribution in [-0.2, 0) is 9.59 Å². The molecular weight excluding hydrogens is 334 g/mol. The lowest BCUT2D eigenvalue weighted by molar-refractivity contribution is -0.127. The maximum Gasteiger partial charge on any atom is 0.257 e. The van der Waals surface area contributed by atoms with Gasteiger partial charge in [0.05, 0.1) is 11.3 Å². The number of carbonyl (C=O) groups excluding carboxylic acids is 3. The van der Waals surface area contributed by atoms with E-state index < -0.39 is 11.7 Å². The zero-order valence-corrected chi connectivity index (χ0v) is 15.3. The van der Waals surface area contributed by atoms with E-state index in [0.717, 1.165) is 0 Å². The molecule has 0 aliphatic carbocycles. The molecule has 1 rings (SSSR count). The number of Topliss-reactive ketones (excluding diaryl/α,β-unsaturated/α-hetero) is 1. The first kappa shape index (κ1) is 20.8. The summed E-state index contributed by atoms with van der Waals surface area (Å²) in [6.45, 7) is 3.45. The van der Waals surface area contributed by atoms with Crippen molar-refractivity contribution in [2.75, 3.05) is 19.4 Å². The van der Waals surface area contributed by atoms with Crippen molar-refractivity contribution >= 4 is 23.7 Å². The molecular formula is C19H23N3O4. The van der Waals surface area contributed by atoms with Gasteiger partial charge in [-0.2, -0.15) is 0 Å². The van der Waals surface area contributed by atoms with Crippen molar-refractivity contribution in [3.8, 4) is 18.1 Å². The number of hydrogen-bond acceptors (Lipinski definition) is 6. The second kappa shape index (κ2) is 9.28. The van der Waals surface area contributed by atoms with Crippen molar-refractivity contribution in [1.82, 2.24) is 10.2 Å². The Morgan fingerprint density at radius 1 is 1.38 bits per heavy atom. The van der Waals surface area contributed by atoms with E-state index in [1.807, 2.05) is 6.92 Å². The monoisotopic (exact) mass is 357 g/mol. The first-order valence-electron chi connectivity index (χ1n) is 7.93. The molecule has 0 heterocycles. The number of allylic oxidation sites excluding steroid dienone is 2. The number of aromatic hydroxyl groups is 1. The topological polar surface area (TPSA) is 98.7 Å². The van der Waals surface area contributed by atoms with Crippen molar-refractivity contribution in [3.05, 3.63) is 35.2 Å². The second-order valence-electron chi connectivity index (χ2n) is 5.96. The number of phenolic OH excluding ortho intramolecular Hbond substituents is 1. The van der Waals surface area contributed by atoms with Crippen molar-refractivity contribution in [3.63, 3.8) is 0 Å². The van der Waals surface area contributed by atoms with Gasteiger partial charge in [0.1, 0.15) is 5.70 Å². The second-order valence-corrected chi connectivity index (χ2v) is 5.96. The van der Waals surface area contributed by atoms with Crippen LogP contribution in [0.1, 0.15) is 30.6 Å². The maximum atomic E-state index is 12.1. The summed E-state index contributed by atoms with van der Waals surface area (Å²) < 4.78 is 0. The number of phenols is 1. The zero-order valence-electron chi connectivity index (χ0n) is 15.3. The number of amides is 1. The van der Waals surface area contributed by atoms with Gasteiger partial charge < -0.3 is 20.6 Å².